The Morgan fingerprint density at radius 2 is 1.82 bits per heavy atom. The van der Waals surface area contributed by atoms with Crippen LogP contribution in [0, 0.1) is 5.92 Å². The molecule has 8 nitrogen and oxygen atoms in total. The highest BCUT2D eigenvalue weighted by atomic mass is 28.4. The zero-order valence-electron chi connectivity index (χ0n) is 25.2. The molecule has 4 rings (SSSR count). The summed E-state index contributed by atoms with van der Waals surface area (Å²) in [6.07, 6.45) is 8.51. The maximum atomic E-state index is 11.9. The van der Waals surface area contributed by atoms with Crippen LogP contribution in [0.25, 0.3) is 10.9 Å². The van der Waals surface area contributed by atoms with Crippen molar-refractivity contribution in [1.29, 1.82) is 0 Å². The van der Waals surface area contributed by atoms with Gasteiger partial charge < -0.3 is 23.9 Å². The summed E-state index contributed by atoms with van der Waals surface area (Å²) < 4.78 is 11.6. The molecular formula is C31H47N5O3Si. The number of carbonyl (C=O) groups excluding carboxylic acids is 1. The number of rotatable bonds is 12. The Labute approximate surface area is 240 Å². The summed E-state index contributed by atoms with van der Waals surface area (Å²) in [5, 5.41) is 1.54. The van der Waals surface area contributed by atoms with E-state index < -0.39 is 8.32 Å². The summed E-state index contributed by atoms with van der Waals surface area (Å²) in [5.74, 6) is 0.925. The summed E-state index contributed by atoms with van der Waals surface area (Å²) >= 11 is 0. The van der Waals surface area contributed by atoms with Gasteiger partial charge in [-0.05, 0) is 61.9 Å². The van der Waals surface area contributed by atoms with Gasteiger partial charge in [-0.15, -0.1) is 0 Å². The van der Waals surface area contributed by atoms with E-state index in [-0.39, 0.29) is 11.0 Å². The number of anilines is 1. The van der Waals surface area contributed by atoms with E-state index in [0.717, 1.165) is 58.6 Å². The summed E-state index contributed by atoms with van der Waals surface area (Å²) in [6, 6.07) is 8.56. The predicted octanol–water partition coefficient (Wildman–Crippen LogP) is 5.92. The second-order valence-electron chi connectivity index (χ2n) is 12.4. The minimum absolute atomic E-state index is 0.214. The molecule has 40 heavy (non-hydrogen) atoms. The molecule has 0 bridgehead atoms. The number of fused-ring (bicyclic) bond motifs is 1. The number of H-pyrrole nitrogens is 1. The molecule has 1 aliphatic heterocycles. The lowest BCUT2D eigenvalue weighted by atomic mass is 9.96. The second-order valence-corrected chi connectivity index (χ2v) is 17.3. The number of para-hydroxylation sites is 1. The van der Waals surface area contributed by atoms with Crippen molar-refractivity contribution in [1.82, 2.24) is 19.9 Å². The monoisotopic (exact) mass is 565 g/mol. The van der Waals surface area contributed by atoms with Crippen LogP contribution in [0.4, 0.5) is 5.95 Å². The fraction of sp³-hybridized carbons (Fsp3) is 0.581. The van der Waals surface area contributed by atoms with Gasteiger partial charge in [0.2, 0.25) is 5.95 Å². The van der Waals surface area contributed by atoms with Gasteiger partial charge in [-0.25, -0.2) is 14.8 Å². The molecule has 0 unspecified atom stereocenters. The standard InChI is InChI=1S/C31H47N5O3Si/c1-7-38-29(37)26-21-33-30(34-22-26)36-16-12-24(13-17-36)23-35(18-19-39-40(5,6)31(2,3)4)15-14-25-20-32-28-11-9-8-10-27(25)28/h8-11,20-22,24,32H,7,12-19,23H2,1-6H3. The van der Waals surface area contributed by atoms with Crippen LogP contribution >= 0.6 is 0 Å². The van der Waals surface area contributed by atoms with Crippen molar-refractivity contribution in [3.63, 3.8) is 0 Å². The van der Waals surface area contributed by atoms with E-state index in [0.29, 0.717) is 24.0 Å². The van der Waals surface area contributed by atoms with Gasteiger partial charge in [0.05, 0.1) is 12.2 Å². The van der Waals surface area contributed by atoms with E-state index in [1.165, 1.54) is 16.5 Å². The molecular weight excluding hydrogens is 518 g/mol. The van der Waals surface area contributed by atoms with E-state index in [1.807, 2.05) is 0 Å². The van der Waals surface area contributed by atoms with Crippen LogP contribution in [-0.4, -0.2) is 80.1 Å². The summed E-state index contributed by atoms with van der Waals surface area (Å²) in [6.45, 7) is 19.4. The molecule has 1 aliphatic rings. The second kappa shape index (κ2) is 13.3. The van der Waals surface area contributed by atoms with Gasteiger partial charge in [-0.2, -0.15) is 0 Å². The van der Waals surface area contributed by atoms with Crippen molar-refractivity contribution < 1.29 is 14.0 Å². The van der Waals surface area contributed by atoms with Crippen molar-refractivity contribution in [3.05, 3.63) is 54.0 Å². The molecule has 0 atom stereocenters. The smallest absolute Gasteiger partial charge is 0.341 e. The van der Waals surface area contributed by atoms with Crippen LogP contribution in [0.1, 0.15) is 56.5 Å². The zero-order valence-corrected chi connectivity index (χ0v) is 26.2. The Kier molecular flexibility index (Phi) is 10.0. The molecule has 0 saturated carbocycles. The van der Waals surface area contributed by atoms with Crippen molar-refractivity contribution in [2.45, 2.75) is 65.1 Å². The molecule has 1 fully saturated rings. The van der Waals surface area contributed by atoms with Crippen molar-refractivity contribution >= 4 is 31.1 Å². The number of aromatic amines is 1. The molecule has 1 saturated heterocycles. The third kappa shape index (κ3) is 7.71. The van der Waals surface area contributed by atoms with Gasteiger partial charge in [0.25, 0.3) is 0 Å². The van der Waals surface area contributed by atoms with Crippen molar-refractivity contribution in [2.75, 3.05) is 50.8 Å². The minimum Gasteiger partial charge on any atom is -0.462 e. The lowest BCUT2D eigenvalue weighted by Gasteiger charge is -2.38. The molecule has 2 aromatic heterocycles. The molecule has 0 spiro atoms. The third-order valence-electron chi connectivity index (χ3n) is 8.61. The van der Waals surface area contributed by atoms with Crippen molar-refractivity contribution in [3.8, 4) is 0 Å². The van der Waals surface area contributed by atoms with Crippen LogP contribution in [0.15, 0.2) is 42.9 Å². The fourth-order valence-electron chi connectivity index (χ4n) is 5.04. The van der Waals surface area contributed by atoms with Gasteiger partial charge in [0.1, 0.15) is 0 Å². The Balaban J connectivity index is 1.34. The average Bonchev–Trinajstić information content (AvgIpc) is 3.35. The lowest BCUT2D eigenvalue weighted by Crippen LogP contribution is -2.44. The highest BCUT2D eigenvalue weighted by Crippen LogP contribution is 2.36. The summed E-state index contributed by atoms with van der Waals surface area (Å²) in [5.41, 5.74) is 2.98. The Hall–Kier alpha value is -2.75. The maximum absolute atomic E-state index is 11.9. The Bertz CT molecular complexity index is 1230. The summed E-state index contributed by atoms with van der Waals surface area (Å²) in [7, 11) is -1.78. The first-order chi connectivity index (χ1) is 19.1. The minimum atomic E-state index is -1.78. The molecule has 3 aromatic rings. The normalized spacial score (nSPS) is 15.2. The zero-order chi connectivity index (χ0) is 28.8. The molecule has 1 aromatic carbocycles. The van der Waals surface area contributed by atoms with Crippen molar-refractivity contribution in [2.24, 2.45) is 5.92 Å². The number of nitrogens with zero attached hydrogens (tertiary/aromatic N) is 4. The number of piperidine rings is 1. The average molecular weight is 566 g/mol. The number of benzene rings is 1. The molecule has 0 radical (unpaired) electrons. The van der Waals surface area contributed by atoms with Gasteiger partial charge in [-0.1, -0.05) is 39.0 Å². The van der Waals surface area contributed by atoms with E-state index in [2.05, 4.69) is 89.1 Å². The van der Waals surface area contributed by atoms with E-state index in [9.17, 15) is 4.79 Å². The number of hydrogen-bond donors (Lipinski definition) is 1. The van der Waals surface area contributed by atoms with Crippen LogP contribution in [0.2, 0.25) is 18.1 Å². The molecule has 218 valence electrons. The Morgan fingerprint density at radius 1 is 1.12 bits per heavy atom. The van der Waals surface area contributed by atoms with E-state index in [1.54, 1.807) is 19.3 Å². The first-order valence-corrected chi connectivity index (χ1v) is 17.6. The topological polar surface area (TPSA) is 83.6 Å². The van der Waals surface area contributed by atoms with Gasteiger partial charge in [-0.3, -0.25) is 0 Å². The molecule has 0 aliphatic carbocycles. The SMILES string of the molecule is CCOC(=O)c1cnc(N2CCC(CN(CCO[Si](C)(C)C(C)(C)C)CCc3c[nH]c4ccccc34)CC2)nc1. The number of ether oxygens (including phenoxy) is 1. The fourth-order valence-corrected chi connectivity index (χ4v) is 6.08. The molecule has 1 N–H and O–H groups in total. The molecule has 9 heteroatoms. The largest absolute Gasteiger partial charge is 0.462 e. The first kappa shape index (κ1) is 30.2. The highest BCUT2D eigenvalue weighted by Gasteiger charge is 2.37. The summed E-state index contributed by atoms with van der Waals surface area (Å²) in [4.78, 5) is 29.1. The van der Waals surface area contributed by atoms with Crippen LogP contribution < -0.4 is 4.90 Å². The Morgan fingerprint density at radius 3 is 2.50 bits per heavy atom. The molecule has 0 amide bonds. The van der Waals surface area contributed by atoms with Crippen LogP contribution in [0.3, 0.4) is 0 Å². The van der Waals surface area contributed by atoms with Gasteiger partial charge in [0.15, 0.2) is 8.32 Å². The highest BCUT2D eigenvalue weighted by molar-refractivity contribution is 6.74. The molecule has 3 heterocycles. The van der Waals surface area contributed by atoms with Gasteiger partial charge in [0, 0.05) is 68.8 Å². The number of nitrogens with one attached hydrogen (secondary N) is 1. The quantitative estimate of drug-likeness (QED) is 0.216. The van der Waals surface area contributed by atoms with Crippen LogP contribution in [0.5, 0.6) is 0 Å². The number of aromatic nitrogens is 3. The predicted molar refractivity (Wildman–Crippen MR) is 165 cm³/mol. The number of esters is 1. The maximum Gasteiger partial charge on any atom is 0.341 e. The first-order valence-electron chi connectivity index (χ1n) is 14.7. The van der Waals surface area contributed by atoms with Gasteiger partial charge >= 0.3 is 5.97 Å². The van der Waals surface area contributed by atoms with E-state index >= 15 is 0 Å². The number of carbonyl (C=O) groups is 1. The van der Waals surface area contributed by atoms with Crippen LogP contribution in [-0.2, 0) is 15.6 Å². The number of hydrogen-bond acceptors (Lipinski definition) is 7. The third-order valence-corrected chi connectivity index (χ3v) is 13.2. The lowest BCUT2D eigenvalue weighted by molar-refractivity contribution is 0.0525. The van der Waals surface area contributed by atoms with E-state index in [4.69, 9.17) is 9.16 Å².